The Hall–Kier alpha value is -2.63. The van der Waals surface area contributed by atoms with Crippen molar-refractivity contribution in [3.05, 3.63) is 53.3 Å². The molecule has 6 nitrogen and oxygen atoms in total. The monoisotopic (exact) mass is 351 g/mol. The first kappa shape index (κ1) is 16.8. The van der Waals surface area contributed by atoms with Gasteiger partial charge in [0.25, 0.3) is 0 Å². The summed E-state index contributed by atoms with van der Waals surface area (Å²) in [6.07, 6.45) is 3.71. The van der Waals surface area contributed by atoms with Crippen molar-refractivity contribution in [1.82, 2.24) is 20.2 Å². The molecular weight excluding hydrogens is 326 g/mol. The van der Waals surface area contributed by atoms with Gasteiger partial charge in [-0.25, -0.2) is 14.8 Å². The second-order valence-corrected chi connectivity index (χ2v) is 7.44. The average Bonchev–Trinajstić information content (AvgIpc) is 3.40. The van der Waals surface area contributed by atoms with Crippen molar-refractivity contribution in [3.63, 3.8) is 0 Å². The molecule has 1 aliphatic carbocycles. The predicted octanol–water partition coefficient (Wildman–Crippen LogP) is 2.92. The van der Waals surface area contributed by atoms with E-state index in [4.69, 9.17) is 0 Å². The maximum absolute atomic E-state index is 12.7. The third-order valence-electron chi connectivity index (χ3n) is 4.98. The molecular formula is C20H25N5O. The number of benzene rings is 1. The maximum atomic E-state index is 12.7. The number of carbonyl (C=O) groups excluding carboxylic acids is 1. The van der Waals surface area contributed by atoms with Crippen molar-refractivity contribution in [1.29, 1.82) is 0 Å². The molecule has 26 heavy (non-hydrogen) atoms. The first-order chi connectivity index (χ1) is 12.6. The van der Waals surface area contributed by atoms with Crippen molar-refractivity contribution in [2.45, 2.75) is 51.2 Å². The van der Waals surface area contributed by atoms with E-state index in [1.54, 1.807) is 0 Å². The van der Waals surface area contributed by atoms with Crippen LogP contribution in [-0.4, -0.2) is 39.5 Å². The Morgan fingerprint density at radius 2 is 2.08 bits per heavy atom. The van der Waals surface area contributed by atoms with E-state index in [-0.39, 0.29) is 18.1 Å². The minimum absolute atomic E-state index is 0.0102. The number of carbonyl (C=O) groups is 1. The summed E-state index contributed by atoms with van der Waals surface area (Å²) in [5.41, 5.74) is 3.39. The van der Waals surface area contributed by atoms with Gasteiger partial charge in [0.2, 0.25) is 5.95 Å². The molecule has 1 saturated carbocycles. The van der Waals surface area contributed by atoms with Crippen molar-refractivity contribution in [2.24, 2.45) is 0 Å². The fourth-order valence-electron chi connectivity index (χ4n) is 3.48. The highest BCUT2D eigenvalue weighted by Gasteiger charge is 2.40. The lowest BCUT2D eigenvalue weighted by atomic mass is 10.1. The van der Waals surface area contributed by atoms with E-state index in [2.05, 4.69) is 58.7 Å². The largest absolute Gasteiger partial charge is 0.352 e. The molecule has 1 aliphatic heterocycles. The summed E-state index contributed by atoms with van der Waals surface area (Å²) in [6, 6.07) is 10.9. The van der Waals surface area contributed by atoms with Crippen LogP contribution in [0.1, 0.15) is 43.0 Å². The van der Waals surface area contributed by atoms with Crippen LogP contribution in [-0.2, 0) is 13.0 Å². The van der Waals surface area contributed by atoms with Crippen LogP contribution in [0.5, 0.6) is 0 Å². The third-order valence-corrected chi connectivity index (χ3v) is 4.98. The zero-order valence-corrected chi connectivity index (χ0v) is 15.3. The van der Waals surface area contributed by atoms with Gasteiger partial charge in [-0.1, -0.05) is 30.3 Å². The highest BCUT2D eigenvalue weighted by atomic mass is 16.2. The van der Waals surface area contributed by atoms with Crippen molar-refractivity contribution in [3.8, 4) is 0 Å². The fourth-order valence-corrected chi connectivity index (χ4v) is 3.48. The van der Waals surface area contributed by atoms with Gasteiger partial charge in [0.05, 0.1) is 12.2 Å². The molecule has 4 rings (SSSR count). The first-order valence-electron chi connectivity index (χ1n) is 9.32. The first-order valence-corrected chi connectivity index (χ1v) is 9.32. The van der Waals surface area contributed by atoms with Gasteiger partial charge in [-0.2, -0.15) is 0 Å². The summed E-state index contributed by atoms with van der Waals surface area (Å²) in [4.78, 5) is 23.5. The standard InChI is InChI=1S/C20H25N5O/c1-13(2)22-19-21-11-15-8-9-25(12-18(15)23-19)20(26)24-17-10-16(17)14-6-4-3-5-7-14/h3-7,11,13,16-17H,8-10,12H2,1-2H3,(H,24,26)(H,21,22,23). The second kappa shape index (κ2) is 6.94. The quantitative estimate of drug-likeness (QED) is 0.889. The Morgan fingerprint density at radius 1 is 1.27 bits per heavy atom. The molecule has 2 atom stereocenters. The zero-order valence-electron chi connectivity index (χ0n) is 15.3. The smallest absolute Gasteiger partial charge is 0.317 e. The molecule has 0 radical (unpaired) electrons. The second-order valence-electron chi connectivity index (χ2n) is 7.44. The van der Waals surface area contributed by atoms with Gasteiger partial charge in [0, 0.05) is 30.7 Å². The lowest BCUT2D eigenvalue weighted by Gasteiger charge is -2.28. The molecule has 2 amide bonds. The Balaban J connectivity index is 1.37. The third kappa shape index (κ3) is 3.64. The summed E-state index contributed by atoms with van der Waals surface area (Å²) in [6.45, 7) is 5.36. The molecule has 1 aromatic carbocycles. The molecule has 0 bridgehead atoms. The summed E-state index contributed by atoms with van der Waals surface area (Å²) >= 11 is 0. The Labute approximate surface area is 154 Å². The number of nitrogens with zero attached hydrogens (tertiary/aromatic N) is 3. The fraction of sp³-hybridized carbons (Fsp3) is 0.450. The van der Waals surface area contributed by atoms with Crippen molar-refractivity contribution < 1.29 is 4.79 Å². The molecule has 2 aliphatic rings. The van der Waals surface area contributed by atoms with Crippen LogP contribution in [0, 0.1) is 0 Å². The van der Waals surface area contributed by atoms with Crippen LogP contribution < -0.4 is 10.6 Å². The number of amides is 2. The minimum atomic E-state index is 0.0102. The van der Waals surface area contributed by atoms with Gasteiger partial charge in [-0.3, -0.25) is 0 Å². The Bertz CT molecular complexity index is 792. The van der Waals surface area contributed by atoms with Gasteiger partial charge < -0.3 is 15.5 Å². The lowest BCUT2D eigenvalue weighted by molar-refractivity contribution is 0.190. The average molecular weight is 351 g/mol. The summed E-state index contributed by atoms with van der Waals surface area (Å²) < 4.78 is 0. The number of fused-ring (bicyclic) bond motifs is 1. The summed E-state index contributed by atoms with van der Waals surface area (Å²) in [5, 5.41) is 6.40. The zero-order chi connectivity index (χ0) is 18.1. The number of urea groups is 1. The SMILES string of the molecule is CC(C)Nc1ncc2c(n1)CN(C(=O)NC1CC1c1ccccc1)CC2. The number of rotatable bonds is 4. The molecule has 2 heterocycles. The maximum Gasteiger partial charge on any atom is 0.317 e. The topological polar surface area (TPSA) is 70.2 Å². The normalized spacial score (nSPS) is 21.3. The van der Waals surface area contributed by atoms with E-state index in [1.807, 2.05) is 17.2 Å². The van der Waals surface area contributed by atoms with Crippen LogP contribution in [0.4, 0.5) is 10.7 Å². The van der Waals surface area contributed by atoms with Gasteiger partial charge in [0.15, 0.2) is 0 Å². The van der Waals surface area contributed by atoms with E-state index in [0.29, 0.717) is 25.0 Å². The molecule has 2 unspecified atom stereocenters. The molecule has 0 spiro atoms. The minimum Gasteiger partial charge on any atom is -0.352 e. The number of aromatic nitrogens is 2. The van der Waals surface area contributed by atoms with Gasteiger partial charge in [0.1, 0.15) is 0 Å². The summed E-state index contributed by atoms with van der Waals surface area (Å²) in [7, 11) is 0. The number of anilines is 1. The van der Waals surface area contributed by atoms with Gasteiger partial charge in [-0.05, 0) is 37.8 Å². The predicted molar refractivity (Wildman–Crippen MR) is 101 cm³/mol. The van der Waals surface area contributed by atoms with Crippen LogP contribution in [0.25, 0.3) is 0 Å². The van der Waals surface area contributed by atoms with E-state index in [1.165, 1.54) is 5.56 Å². The van der Waals surface area contributed by atoms with E-state index in [9.17, 15) is 4.79 Å². The van der Waals surface area contributed by atoms with Crippen molar-refractivity contribution in [2.75, 3.05) is 11.9 Å². The Kier molecular flexibility index (Phi) is 4.49. The highest BCUT2D eigenvalue weighted by molar-refractivity contribution is 5.75. The molecule has 6 heteroatoms. The van der Waals surface area contributed by atoms with E-state index < -0.39 is 0 Å². The van der Waals surface area contributed by atoms with Gasteiger partial charge in [-0.15, -0.1) is 0 Å². The van der Waals surface area contributed by atoms with Crippen LogP contribution in [0.15, 0.2) is 36.5 Å². The van der Waals surface area contributed by atoms with Crippen LogP contribution in [0.2, 0.25) is 0 Å². The van der Waals surface area contributed by atoms with E-state index >= 15 is 0 Å². The number of nitrogens with one attached hydrogen (secondary N) is 2. The molecule has 1 fully saturated rings. The molecule has 1 aromatic heterocycles. The summed E-state index contributed by atoms with van der Waals surface area (Å²) in [5.74, 6) is 1.08. The molecule has 0 saturated heterocycles. The number of hydrogen-bond donors (Lipinski definition) is 2. The molecule has 136 valence electrons. The van der Waals surface area contributed by atoms with E-state index in [0.717, 1.165) is 24.1 Å². The lowest BCUT2D eigenvalue weighted by Crippen LogP contribution is -2.44. The van der Waals surface area contributed by atoms with Gasteiger partial charge >= 0.3 is 6.03 Å². The molecule has 2 aromatic rings. The van der Waals surface area contributed by atoms with Crippen LogP contribution in [0.3, 0.4) is 0 Å². The highest BCUT2D eigenvalue weighted by Crippen LogP contribution is 2.40. The van der Waals surface area contributed by atoms with Crippen LogP contribution >= 0.6 is 0 Å². The number of hydrogen-bond acceptors (Lipinski definition) is 4. The molecule has 2 N–H and O–H groups in total. The van der Waals surface area contributed by atoms with Crippen molar-refractivity contribution >= 4 is 12.0 Å². The Morgan fingerprint density at radius 3 is 2.85 bits per heavy atom.